The molecule has 1 aliphatic rings. The molecule has 1 aromatic carbocycles. The van der Waals surface area contributed by atoms with Gasteiger partial charge in [-0.05, 0) is 50.1 Å². The lowest BCUT2D eigenvalue weighted by Gasteiger charge is -2.49. The van der Waals surface area contributed by atoms with Gasteiger partial charge in [0.15, 0.2) is 0 Å². The van der Waals surface area contributed by atoms with Crippen LogP contribution in [0.25, 0.3) is 0 Å². The number of piperidine rings is 1. The quantitative estimate of drug-likeness (QED) is 0.545. The van der Waals surface area contributed by atoms with Crippen LogP contribution in [0.3, 0.4) is 0 Å². The maximum absolute atomic E-state index is 12.7. The zero-order valence-corrected chi connectivity index (χ0v) is 20.7. The number of benzene rings is 1. The lowest BCUT2D eigenvalue weighted by Crippen LogP contribution is -2.53. The molecule has 1 aromatic heterocycles. The fourth-order valence-electron chi connectivity index (χ4n) is 3.67. The minimum Gasteiger partial charge on any atom is -0.445 e. The van der Waals surface area contributed by atoms with E-state index < -0.39 is 34.8 Å². The van der Waals surface area contributed by atoms with E-state index in [9.17, 15) is 18.7 Å². The molecule has 34 heavy (non-hydrogen) atoms. The minimum atomic E-state index is -3.86. The third-order valence-electron chi connectivity index (χ3n) is 5.03. The molecule has 3 N–H and O–H groups in total. The van der Waals surface area contributed by atoms with Crippen LogP contribution in [0.4, 0.5) is 15.3 Å². The van der Waals surface area contributed by atoms with Gasteiger partial charge in [-0.3, -0.25) is 13.8 Å². The molecule has 0 radical (unpaired) electrons. The van der Waals surface area contributed by atoms with Crippen molar-refractivity contribution in [2.24, 2.45) is 7.05 Å². The number of hydrogen-bond donors (Lipinski definition) is 3. The summed E-state index contributed by atoms with van der Waals surface area (Å²) in [5, 5.41) is 4.12. The second-order valence-electron chi connectivity index (χ2n) is 9.10. The van der Waals surface area contributed by atoms with Crippen molar-refractivity contribution in [3.63, 3.8) is 0 Å². The van der Waals surface area contributed by atoms with Crippen LogP contribution >= 0.6 is 11.0 Å². The van der Waals surface area contributed by atoms with Crippen LogP contribution in [0.2, 0.25) is 0 Å². The number of aryl methyl sites for hydroxylation is 1. The first-order valence-corrected chi connectivity index (χ1v) is 12.5. The molecule has 11 nitrogen and oxygen atoms in total. The number of ether oxygens (including phenoxy) is 2. The van der Waals surface area contributed by atoms with E-state index in [1.54, 1.807) is 34.0 Å². The van der Waals surface area contributed by atoms with Crippen LogP contribution in [0, 0.1) is 0 Å². The van der Waals surface area contributed by atoms with Crippen LogP contribution in [0.1, 0.15) is 39.2 Å². The van der Waals surface area contributed by atoms with Gasteiger partial charge in [-0.2, -0.15) is 5.10 Å². The Bertz CT molecular complexity index is 978. The highest BCUT2D eigenvalue weighted by molar-refractivity contribution is 8.24. The van der Waals surface area contributed by atoms with E-state index in [4.69, 9.17) is 9.47 Å². The normalized spacial score (nSPS) is 17.1. The van der Waals surface area contributed by atoms with Gasteiger partial charge in [-0.1, -0.05) is 30.3 Å². The molecule has 1 saturated heterocycles. The highest BCUT2D eigenvalue weighted by Gasteiger charge is 2.38. The first-order valence-electron chi connectivity index (χ1n) is 11.0. The van der Waals surface area contributed by atoms with Gasteiger partial charge in [0, 0.05) is 26.3 Å². The molecule has 2 aromatic rings. The van der Waals surface area contributed by atoms with Crippen molar-refractivity contribution < 1.29 is 28.2 Å². The van der Waals surface area contributed by atoms with Gasteiger partial charge in [0.2, 0.25) is 0 Å². The van der Waals surface area contributed by atoms with E-state index in [0.717, 1.165) is 5.56 Å². The van der Waals surface area contributed by atoms with Crippen molar-refractivity contribution >= 4 is 28.8 Å². The smallest absolute Gasteiger partial charge is 0.427 e. The number of hydrogen-bond acceptors (Lipinski definition) is 8. The number of anilines is 1. The fourth-order valence-corrected chi connectivity index (χ4v) is 5.01. The third-order valence-corrected chi connectivity index (χ3v) is 6.53. The van der Waals surface area contributed by atoms with Crippen molar-refractivity contribution in [3.05, 3.63) is 48.3 Å². The molecule has 0 spiro atoms. The molecule has 12 heteroatoms. The summed E-state index contributed by atoms with van der Waals surface area (Å²) in [6.45, 7) is 5.83. The Hall–Kier alpha value is -2.96. The van der Waals surface area contributed by atoms with Gasteiger partial charge in [-0.15, -0.1) is 0 Å². The van der Waals surface area contributed by atoms with Crippen molar-refractivity contribution in [1.29, 1.82) is 0 Å². The number of carbonyl (C=O) groups is 2. The van der Waals surface area contributed by atoms with Crippen molar-refractivity contribution in [2.45, 2.75) is 51.9 Å². The SMILES string of the molecule is Cn1cc(N(C2CCCN(C(=O)OCc3ccccc3)C2)S(O)(O)NC(=O)OC(C)(C)C)cn1. The topological polar surface area (TPSA) is 129 Å². The number of nitrogens with one attached hydrogen (secondary N) is 1. The molecule has 188 valence electrons. The Kier molecular flexibility index (Phi) is 7.95. The molecule has 0 aliphatic carbocycles. The standard InChI is InChI=1S/C22H33N5O6S/c1-22(2,3)33-20(28)24-34(30,31)27(19-13-23-25(4)14-19)18-11-8-12-26(15-18)21(29)32-16-17-9-6-5-7-10-17/h5-7,9-10,13-14,18,30-31H,8,11-12,15-16H2,1-4H3,(H,24,28). The Morgan fingerprint density at radius 3 is 2.59 bits per heavy atom. The summed E-state index contributed by atoms with van der Waals surface area (Å²) >= 11 is 0. The minimum absolute atomic E-state index is 0.141. The lowest BCUT2D eigenvalue weighted by atomic mass is 10.1. The summed E-state index contributed by atoms with van der Waals surface area (Å²) in [4.78, 5) is 26.6. The first kappa shape index (κ1) is 25.7. The van der Waals surface area contributed by atoms with Gasteiger partial charge in [0.05, 0.1) is 17.9 Å². The molecule has 0 bridgehead atoms. The molecule has 1 atom stereocenters. The molecular weight excluding hydrogens is 462 g/mol. The van der Waals surface area contributed by atoms with Gasteiger partial charge < -0.3 is 14.4 Å². The van der Waals surface area contributed by atoms with Gasteiger partial charge in [0.25, 0.3) is 0 Å². The van der Waals surface area contributed by atoms with Crippen LogP contribution in [-0.2, 0) is 23.1 Å². The van der Waals surface area contributed by atoms with Crippen LogP contribution in [-0.4, -0.2) is 60.7 Å². The molecule has 3 rings (SSSR count). The van der Waals surface area contributed by atoms with E-state index in [2.05, 4.69) is 9.82 Å². The predicted octanol–water partition coefficient (Wildman–Crippen LogP) is 4.13. The number of carbonyl (C=O) groups excluding carboxylic acids is 2. The van der Waals surface area contributed by atoms with E-state index in [1.807, 2.05) is 30.3 Å². The summed E-state index contributed by atoms with van der Waals surface area (Å²) in [6, 6.07) is 8.85. The molecule has 1 aliphatic heterocycles. The predicted molar refractivity (Wildman–Crippen MR) is 129 cm³/mol. The second-order valence-corrected chi connectivity index (χ2v) is 10.7. The van der Waals surface area contributed by atoms with Crippen LogP contribution < -0.4 is 9.03 Å². The summed E-state index contributed by atoms with van der Waals surface area (Å²) in [7, 11) is -2.16. The van der Waals surface area contributed by atoms with E-state index in [0.29, 0.717) is 25.1 Å². The highest BCUT2D eigenvalue weighted by atomic mass is 32.3. The summed E-state index contributed by atoms with van der Waals surface area (Å²) in [6.07, 6.45) is 2.80. The number of likely N-dealkylation sites (tertiary alicyclic amines) is 1. The number of aromatic nitrogens is 2. The maximum Gasteiger partial charge on any atom is 0.427 e. The highest BCUT2D eigenvalue weighted by Crippen LogP contribution is 2.46. The molecule has 1 fully saturated rings. The zero-order chi connectivity index (χ0) is 24.9. The van der Waals surface area contributed by atoms with E-state index >= 15 is 0 Å². The van der Waals surface area contributed by atoms with Gasteiger partial charge >= 0.3 is 12.2 Å². The molecule has 1 unspecified atom stereocenters. The third kappa shape index (κ3) is 7.02. The number of rotatable bonds is 6. The molecule has 0 saturated carbocycles. The average Bonchev–Trinajstić information content (AvgIpc) is 3.16. The Morgan fingerprint density at radius 2 is 1.97 bits per heavy atom. The van der Waals surface area contributed by atoms with Gasteiger partial charge in [-0.25, -0.2) is 18.6 Å². The second kappa shape index (κ2) is 10.5. The maximum atomic E-state index is 12.7. The van der Waals surface area contributed by atoms with Crippen LogP contribution in [0.5, 0.6) is 0 Å². The fraction of sp³-hybridized carbons (Fsp3) is 0.500. The van der Waals surface area contributed by atoms with Crippen molar-refractivity contribution in [2.75, 3.05) is 17.4 Å². The zero-order valence-electron chi connectivity index (χ0n) is 19.9. The molecular formula is C22H33N5O6S. The Balaban J connectivity index is 1.75. The largest absolute Gasteiger partial charge is 0.445 e. The van der Waals surface area contributed by atoms with E-state index in [1.165, 1.54) is 20.1 Å². The number of amides is 2. The summed E-state index contributed by atoms with van der Waals surface area (Å²) in [5.74, 6) is 0. The first-order chi connectivity index (χ1) is 15.9. The van der Waals surface area contributed by atoms with Crippen LogP contribution in [0.15, 0.2) is 42.7 Å². The molecule has 2 heterocycles. The molecule has 2 amide bonds. The summed E-state index contributed by atoms with van der Waals surface area (Å²) in [5.41, 5.74) is 0.447. The van der Waals surface area contributed by atoms with E-state index in [-0.39, 0.29) is 13.2 Å². The van der Waals surface area contributed by atoms with Gasteiger partial charge in [0.1, 0.15) is 12.2 Å². The Morgan fingerprint density at radius 1 is 1.26 bits per heavy atom. The Labute approximate surface area is 201 Å². The monoisotopic (exact) mass is 495 g/mol. The lowest BCUT2D eigenvalue weighted by molar-refractivity contribution is 0.0563. The summed E-state index contributed by atoms with van der Waals surface area (Å²) < 4.78 is 37.7. The van der Waals surface area contributed by atoms with Crippen molar-refractivity contribution in [1.82, 2.24) is 19.4 Å². The average molecular weight is 496 g/mol. The van der Waals surface area contributed by atoms with Crippen molar-refractivity contribution in [3.8, 4) is 0 Å². The number of nitrogens with zero attached hydrogens (tertiary/aromatic N) is 4.